The lowest BCUT2D eigenvalue weighted by molar-refractivity contribution is 0.00300. The van der Waals surface area contributed by atoms with Gasteiger partial charge in [0.25, 0.3) is 0 Å². The van der Waals surface area contributed by atoms with Crippen LogP contribution in [0.3, 0.4) is 0 Å². The summed E-state index contributed by atoms with van der Waals surface area (Å²) in [5.41, 5.74) is 2.88. The first-order valence-electron chi connectivity index (χ1n) is 8.15. The Bertz CT molecular complexity index is 451. The number of nitrogens with one attached hydrogen (secondary N) is 1. The van der Waals surface area contributed by atoms with Gasteiger partial charge in [-0.2, -0.15) is 0 Å². The summed E-state index contributed by atoms with van der Waals surface area (Å²) in [6, 6.07) is 0.524. The molecule has 1 aliphatic heterocycles. The first-order chi connectivity index (χ1) is 10.2. The summed E-state index contributed by atoms with van der Waals surface area (Å²) in [6.07, 6.45) is 19.7. The largest absolute Gasteiger partial charge is 0.392 e. The van der Waals surface area contributed by atoms with Crippen molar-refractivity contribution < 1.29 is 5.11 Å². The Kier molecular flexibility index (Phi) is 5.88. The topological polar surface area (TPSA) is 32.3 Å². The fraction of sp³-hybridized carbons (Fsp3) is 0.632. The van der Waals surface area contributed by atoms with E-state index in [1.807, 2.05) is 12.2 Å². The SMILES string of the molecule is C#C/C=C/[C@@H]1[C@@H](O)CCC[C@]12CCC[C@H](CCC=C=C)N2. The molecule has 1 saturated heterocycles. The average Bonchev–Trinajstić information content (AvgIpc) is 2.47. The van der Waals surface area contributed by atoms with Crippen molar-refractivity contribution in [2.24, 2.45) is 5.92 Å². The molecule has 0 radical (unpaired) electrons. The van der Waals surface area contributed by atoms with Crippen molar-refractivity contribution >= 4 is 0 Å². The summed E-state index contributed by atoms with van der Waals surface area (Å²) in [4.78, 5) is 0. The van der Waals surface area contributed by atoms with Gasteiger partial charge in [0, 0.05) is 17.5 Å². The van der Waals surface area contributed by atoms with Gasteiger partial charge < -0.3 is 10.4 Å². The van der Waals surface area contributed by atoms with E-state index < -0.39 is 0 Å². The monoisotopic (exact) mass is 285 g/mol. The molecule has 1 spiro atoms. The van der Waals surface area contributed by atoms with Gasteiger partial charge >= 0.3 is 0 Å². The van der Waals surface area contributed by atoms with E-state index in [0.717, 1.165) is 38.5 Å². The molecule has 1 aliphatic carbocycles. The number of piperidine rings is 1. The van der Waals surface area contributed by atoms with E-state index in [2.05, 4.69) is 23.5 Å². The minimum atomic E-state index is -0.275. The van der Waals surface area contributed by atoms with Crippen molar-refractivity contribution in [1.29, 1.82) is 0 Å². The van der Waals surface area contributed by atoms with E-state index in [1.54, 1.807) is 6.08 Å². The Labute approximate surface area is 129 Å². The van der Waals surface area contributed by atoms with E-state index >= 15 is 0 Å². The normalized spacial score (nSPS) is 36.3. The predicted molar refractivity (Wildman–Crippen MR) is 87.8 cm³/mol. The molecule has 1 saturated carbocycles. The maximum Gasteiger partial charge on any atom is 0.0620 e. The predicted octanol–water partition coefficient (Wildman–Crippen LogP) is 3.34. The van der Waals surface area contributed by atoms with Crippen LogP contribution in [-0.2, 0) is 0 Å². The van der Waals surface area contributed by atoms with Crippen molar-refractivity contribution in [3.8, 4) is 12.3 Å². The van der Waals surface area contributed by atoms with Gasteiger partial charge in [-0.1, -0.05) is 25.0 Å². The standard InChI is InChI=1S/C19H27NO/c1-3-5-7-10-16-11-8-14-19(20-16)15-9-13-18(21)17(19)12-6-4-2/h2,5-6,12,16-18,20-21H,1,7-11,13-15H2/b12-6+/t16-,17+,18-,19+/m0/s1. The summed E-state index contributed by atoms with van der Waals surface area (Å²) in [6.45, 7) is 3.62. The highest BCUT2D eigenvalue weighted by Gasteiger charge is 2.45. The van der Waals surface area contributed by atoms with Gasteiger partial charge in [-0.25, -0.2) is 0 Å². The maximum atomic E-state index is 10.4. The highest BCUT2D eigenvalue weighted by Crippen LogP contribution is 2.41. The molecule has 2 heteroatoms. The fourth-order valence-electron chi connectivity index (χ4n) is 4.09. The van der Waals surface area contributed by atoms with Crippen LogP contribution in [0.15, 0.2) is 30.5 Å². The second-order valence-corrected chi connectivity index (χ2v) is 6.39. The Morgan fingerprint density at radius 2 is 2.10 bits per heavy atom. The Hall–Kier alpha value is -1.26. The van der Waals surface area contributed by atoms with Gasteiger partial charge in [-0.3, -0.25) is 0 Å². The lowest BCUT2D eigenvalue weighted by Gasteiger charge is -2.51. The van der Waals surface area contributed by atoms with Gasteiger partial charge in [-0.05, 0) is 57.1 Å². The van der Waals surface area contributed by atoms with Gasteiger partial charge in [0.05, 0.1) is 6.10 Å². The van der Waals surface area contributed by atoms with E-state index in [4.69, 9.17) is 6.42 Å². The maximum absolute atomic E-state index is 10.4. The van der Waals surface area contributed by atoms with Gasteiger partial charge in [0.15, 0.2) is 0 Å². The molecule has 0 aromatic heterocycles. The molecular formula is C19H27NO. The molecule has 114 valence electrons. The van der Waals surface area contributed by atoms with E-state index in [9.17, 15) is 5.11 Å². The molecule has 4 atom stereocenters. The molecule has 2 N–H and O–H groups in total. The highest BCUT2D eigenvalue weighted by molar-refractivity contribution is 5.17. The van der Waals surface area contributed by atoms with Crippen LogP contribution in [0.5, 0.6) is 0 Å². The minimum Gasteiger partial charge on any atom is -0.392 e. The highest BCUT2D eigenvalue weighted by atomic mass is 16.3. The third kappa shape index (κ3) is 3.89. The van der Waals surface area contributed by atoms with Gasteiger partial charge in [-0.15, -0.1) is 12.2 Å². The van der Waals surface area contributed by atoms with Crippen molar-refractivity contribution in [1.82, 2.24) is 5.32 Å². The number of allylic oxidation sites excluding steroid dienone is 2. The Morgan fingerprint density at radius 1 is 1.33 bits per heavy atom. The molecule has 1 heterocycles. The molecule has 0 aromatic rings. The van der Waals surface area contributed by atoms with Crippen LogP contribution in [0.2, 0.25) is 0 Å². The molecule has 2 rings (SSSR count). The zero-order valence-corrected chi connectivity index (χ0v) is 12.9. The van der Waals surface area contributed by atoms with E-state index in [0.29, 0.717) is 6.04 Å². The number of aliphatic hydroxyl groups is 1. The minimum absolute atomic E-state index is 0.0336. The van der Waals surface area contributed by atoms with Gasteiger partial charge in [0.1, 0.15) is 0 Å². The third-order valence-corrected chi connectivity index (χ3v) is 5.05. The summed E-state index contributed by atoms with van der Waals surface area (Å²) in [7, 11) is 0. The second-order valence-electron chi connectivity index (χ2n) is 6.39. The summed E-state index contributed by atoms with van der Waals surface area (Å²) in [5, 5.41) is 14.3. The Balaban J connectivity index is 2.10. The fourth-order valence-corrected chi connectivity index (χ4v) is 4.09. The van der Waals surface area contributed by atoms with Crippen LogP contribution in [0.4, 0.5) is 0 Å². The van der Waals surface area contributed by atoms with Crippen LogP contribution in [0, 0.1) is 18.3 Å². The summed E-state index contributed by atoms with van der Waals surface area (Å²) >= 11 is 0. The smallest absolute Gasteiger partial charge is 0.0620 e. The molecule has 2 fully saturated rings. The van der Waals surface area contributed by atoms with Crippen molar-refractivity contribution in [3.05, 3.63) is 30.5 Å². The molecule has 2 aliphatic rings. The number of terminal acetylenes is 1. The summed E-state index contributed by atoms with van der Waals surface area (Å²) in [5.74, 6) is 2.71. The molecule has 0 aromatic carbocycles. The lowest BCUT2D eigenvalue weighted by atomic mass is 9.66. The number of aliphatic hydroxyl groups excluding tert-OH is 1. The molecule has 0 unspecified atom stereocenters. The van der Waals surface area contributed by atoms with Crippen LogP contribution < -0.4 is 5.32 Å². The third-order valence-electron chi connectivity index (χ3n) is 5.05. The number of rotatable bonds is 4. The zero-order chi connectivity index (χ0) is 15.1. The van der Waals surface area contributed by atoms with Crippen LogP contribution in [-0.4, -0.2) is 22.8 Å². The number of hydrogen-bond donors (Lipinski definition) is 2. The van der Waals surface area contributed by atoms with Crippen LogP contribution in [0.1, 0.15) is 51.4 Å². The first kappa shape index (κ1) is 16.1. The van der Waals surface area contributed by atoms with Gasteiger partial charge in [0.2, 0.25) is 0 Å². The van der Waals surface area contributed by atoms with Crippen molar-refractivity contribution in [2.75, 3.05) is 0 Å². The Morgan fingerprint density at radius 3 is 2.81 bits per heavy atom. The van der Waals surface area contributed by atoms with Crippen molar-refractivity contribution in [3.63, 3.8) is 0 Å². The quantitative estimate of drug-likeness (QED) is 0.613. The van der Waals surface area contributed by atoms with Crippen molar-refractivity contribution in [2.45, 2.75) is 69.1 Å². The molecule has 0 bridgehead atoms. The van der Waals surface area contributed by atoms with E-state index in [1.165, 1.54) is 12.8 Å². The molecule has 0 amide bonds. The lowest BCUT2D eigenvalue weighted by Crippen LogP contribution is -2.61. The summed E-state index contributed by atoms with van der Waals surface area (Å²) < 4.78 is 0. The number of hydrogen-bond acceptors (Lipinski definition) is 2. The average molecular weight is 285 g/mol. The van der Waals surface area contributed by atoms with Crippen LogP contribution in [0.25, 0.3) is 0 Å². The van der Waals surface area contributed by atoms with E-state index in [-0.39, 0.29) is 17.6 Å². The zero-order valence-electron chi connectivity index (χ0n) is 12.9. The van der Waals surface area contributed by atoms with Crippen LogP contribution >= 0.6 is 0 Å². The molecular weight excluding hydrogens is 258 g/mol. The second kappa shape index (κ2) is 7.66. The molecule has 21 heavy (non-hydrogen) atoms. The first-order valence-corrected chi connectivity index (χ1v) is 8.15. The molecule has 2 nitrogen and oxygen atoms in total.